The van der Waals surface area contributed by atoms with Crippen molar-refractivity contribution in [1.82, 2.24) is 0 Å². The Morgan fingerprint density at radius 3 is 2.54 bits per heavy atom. The van der Waals surface area contributed by atoms with Crippen LogP contribution in [-0.4, -0.2) is 24.4 Å². The summed E-state index contributed by atoms with van der Waals surface area (Å²) in [6, 6.07) is 11.6. The van der Waals surface area contributed by atoms with E-state index in [0.717, 1.165) is 21.4 Å². The van der Waals surface area contributed by atoms with Gasteiger partial charge in [-0.2, -0.15) is 0 Å². The fourth-order valence-electron chi connectivity index (χ4n) is 2.76. The molecule has 0 bridgehead atoms. The third kappa shape index (κ3) is 2.78. The van der Waals surface area contributed by atoms with E-state index in [-0.39, 0.29) is 11.7 Å². The van der Waals surface area contributed by atoms with Crippen LogP contribution in [-0.2, 0) is 4.79 Å². The van der Waals surface area contributed by atoms with Gasteiger partial charge in [0.1, 0.15) is 16.5 Å². The van der Waals surface area contributed by atoms with Crippen LogP contribution < -0.4 is 14.5 Å². The number of fused-ring (bicyclic) bond motifs is 1. The fraction of sp³-hybridized carbons (Fsp3) is 0.111. The lowest BCUT2D eigenvalue weighted by Gasteiger charge is -2.16. The molecule has 26 heavy (non-hydrogen) atoms. The molecule has 2 aromatic carbocycles. The monoisotopic (exact) mass is 404 g/mol. The molecule has 0 saturated carbocycles. The topological polar surface area (TPSA) is 32.8 Å². The molecule has 0 spiro atoms. The van der Waals surface area contributed by atoms with Crippen molar-refractivity contribution in [3.8, 4) is 5.75 Å². The molecule has 1 saturated heterocycles. The number of carbonyl (C=O) groups is 1. The summed E-state index contributed by atoms with van der Waals surface area (Å²) >= 11 is 8.19. The highest BCUT2D eigenvalue weighted by Gasteiger charge is 2.39. The summed E-state index contributed by atoms with van der Waals surface area (Å²) in [4.78, 5) is 18.0. The Bertz CT molecular complexity index is 959. The normalized spacial score (nSPS) is 19.3. The van der Waals surface area contributed by atoms with Gasteiger partial charge in [0, 0.05) is 18.0 Å². The first-order chi connectivity index (χ1) is 12.5. The van der Waals surface area contributed by atoms with Crippen molar-refractivity contribution < 1.29 is 13.9 Å². The largest absolute Gasteiger partial charge is 0.497 e. The van der Waals surface area contributed by atoms with E-state index in [1.165, 1.54) is 40.6 Å². The number of carbonyl (C=O) groups excluding carboxylic acids is 1. The van der Waals surface area contributed by atoms with Gasteiger partial charge in [-0.1, -0.05) is 35.7 Å². The highest BCUT2D eigenvalue weighted by atomic mass is 32.2. The predicted octanol–water partition coefficient (Wildman–Crippen LogP) is 4.61. The number of amides is 1. The molecule has 132 valence electrons. The van der Waals surface area contributed by atoms with Crippen molar-refractivity contribution in [2.45, 2.75) is 4.90 Å². The van der Waals surface area contributed by atoms with E-state index in [0.29, 0.717) is 14.9 Å². The van der Waals surface area contributed by atoms with Crippen LogP contribution >= 0.6 is 35.7 Å². The lowest BCUT2D eigenvalue weighted by molar-refractivity contribution is -0.113. The van der Waals surface area contributed by atoms with Crippen LogP contribution in [0.25, 0.3) is 0 Å². The molecular formula is C18H13FN2O2S3. The molecule has 0 N–H and O–H groups in total. The number of nitrogens with zero attached hydrogens (tertiary/aromatic N) is 2. The Kier molecular flexibility index (Phi) is 4.42. The molecule has 1 fully saturated rings. The smallest absolute Gasteiger partial charge is 0.273 e. The first-order valence-electron chi connectivity index (χ1n) is 7.65. The average molecular weight is 405 g/mol. The maximum atomic E-state index is 13.2. The van der Waals surface area contributed by atoms with Gasteiger partial charge in [-0.15, -0.1) is 0 Å². The van der Waals surface area contributed by atoms with Gasteiger partial charge < -0.3 is 9.64 Å². The van der Waals surface area contributed by atoms with E-state index >= 15 is 0 Å². The van der Waals surface area contributed by atoms with E-state index in [9.17, 15) is 9.18 Å². The zero-order valence-corrected chi connectivity index (χ0v) is 16.3. The van der Waals surface area contributed by atoms with Gasteiger partial charge in [0.05, 0.1) is 23.5 Å². The van der Waals surface area contributed by atoms with Crippen LogP contribution in [0, 0.1) is 5.82 Å². The number of halogens is 1. The van der Waals surface area contributed by atoms with Crippen molar-refractivity contribution in [3.05, 3.63) is 58.2 Å². The van der Waals surface area contributed by atoms with Crippen molar-refractivity contribution in [2.75, 3.05) is 24.0 Å². The van der Waals surface area contributed by atoms with Crippen LogP contribution in [0.4, 0.5) is 15.8 Å². The summed E-state index contributed by atoms with van der Waals surface area (Å²) in [7, 11) is 3.54. The summed E-state index contributed by atoms with van der Waals surface area (Å²) in [5, 5.41) is 0.829. The summed E-state index contributed by atoms with van der Waals surface area (Å²) in [6.07, 6.45) is 0. The number of ether oxygens (including phenoxy) is 1. The molecule has 2 heterocycles. The Balaban J connectivity index is 1.71. The van der Waals surface area contributed by atoms with E-state index in [1.54, 1.807) is 19.2 Å². The molecule has 0 aliphatic carbocycles. The summed E-state index contributed by atoms with van der Waals surface area (Å²) < 4.78 is 18.9. The van der Waals surface area contributed by atoms with E-state index in [1.807, 2.05) is 30.1 Å². The van der Waals surface area contributed by atoms with E-state index < -0.39 is 0 Å². The van der Waals surface area contributed by atoms with Crippen LogP contribution in [0.5, 0.6) is 5.75 Å². The SMILES string of the molecule is COc1ccc2c(c1)N(C)/C(=C1/SC(=S)N(c3ccc(F)cc3)C1=O)S2. The van der Waals surface area contributed by atoms with E-state index in [4.69, 9.17) is 17.0 Å². The molecule has 1 amide bonds. The number of hydrogen-bond acceptors (Lipinski definition) is 6. The predicted molar refractivity (Wildman–Crippen MR) is 108 cm³/mol. The first-order valence-corrected chi connectivity index (χ1v) is 9.69. The fourth-order valence-corrected chi connectivity index (χ4v) is 5.37. The summed E-state index contributed by atoms with van der Waals surface area (Å²) in [5.74, 6) is 0.213. The number of thiocarbonyl (C=S) groups is 1. The van der Waals surface area contributed by atoms with Crippen LogP contribution in [0.15, 0.2) is 57.3 Å². The molecule has 0 atom stereocenters. The number of hydrogen-bond donors (Lipinski definition) is 0. The quantitative estimate of drug-likeness (QED) is 0.537. The van der Waals surface area contributed by atoms with E-state index in [2.05, 4.69) is 0 Å². The molecule has 2 aliphatic heterocycles. The lowest BCUT2D eigenvalue weighted by atomic mass is 10.2. The van der Waals surface area contributed by atoms with Gasteiger partial charge in [-0.05, 0) is 36.4 Å². The first kappa shape index (κ1) is 17.4. The Hall–Kier alpha value is -2.03. The Morgan fingerprint density at radius 1 is 1.12 bits per heavy atom. The van der Waals surface area contributed by atoms with Crippen molar-refractivity contribution >= 4 is 57.3 Å². The van der Waals surface area contributed by atoms with Gasteiger partial charge in [0.15, 0.2) is 4.32 Å². The Labute approximate surface area is 164 Å². The molecule has 8 heteroatoms. The van der Waals surface area contributed by atoms with Crippen LogP contribution in [0.1, 0.15) is 0 Å². The highest BCUT2D eigenvalue weighted by Crippen LogP contribution is 2.51. The van der Waals surface area contributed by atoms with Gasteiger partial charge in [0.25, 0.3) is 5.91 Å². The maximum absolute atomic E-state index is 13.2. The molecule has 0 aromatic heterocycles. The number of thioether (sulfide) groups is 2. The van der Waals surface area contributed by atoms with Gasteiger partial charge >= 0.3 is 0 Å². The number of methoxy groups -OCH3 is 1. The minimum Gasteiger partial charge on any atom is -0.497 e. The molecule has 0 radical (unpaired) electrons. The number of benzene rings is 2. The van der Waals surface area contributed by atoms with Crippen molar-refractivity contribution in [1.29, 1.82) is 0 Å². The zero-order chi connectivity index (χ0) is 18.4. The molecular weight excluding hydrogens is 391 g/mol. The maximum Gasteiger partial charge on any atom is 0.273 e. The average Bonchev–Trinajstić information content (AvgIpc) is 3.12. The van der Waals surface area contributed by atoms with Gasteiger partial charge in [-0.3, -0.25) is 9.69 Å². The number of rotatable bonds is 2. The minimum absolute atomic E-state index is 0.194. The Morgan fingerprint density at radius 2 is 1.85 bits per heavy atom. The zero-order valence-electron chi connectivity index (χ0n) is 13.9. The third-order valence-electron chi connectivity index (χ3n) is 4.09. The van der Waals surface area contributed by atoms with Crippen LogP contribution in [0.2, 0.25) is 0 Å². The molecule has 2 aliphatic rings. The van der Waals surface area contributed by atoms with Crippen molar-refractivity contribution in [3.63, 3.8) is 0 Å². The summed E-state index contributed by atoms with van der Waals surface area (Å²) in [6.45, 7) is 0. The van der Waals surface area contributed by atoms with Gasteiger partial charge in [-0.25, -0.2) is 4.39 Å². The molecule has 4 rings (SSSR count). The summed E-state index contributed by atoms with van der Waals surface area (Å²) in [5.41, 5.74) is 1.55. The van der Waals surface area contributed by atoms with Gasteiger partial charge in [0.2, 0.25) is 0 Å². The lowest BCUT2D eigenvalue weighted by Crippen LogP contribution is -2.28. The third-order valence-corrected chi connectivity index (χ3v) is 6.81. The molecule has 0 unspecified atom stereocenters. The number of anilines is 2. The minimum atomic E-state index is -0.354. The molecule has 2 aromatic rings. The molecule has 4 nitrogen and oxygen atoms in total. The standard InChI is InChI=1S/C18H13FN2O2S3/c1-20-13-9-12(23-2)7-8-14(13)25-17(20)15-16(22)21(18(24)26-15)11-5-3-10(19)4-6-11/h3-9H,1-2H3/b17-15-. The second-order valence-electron chi connectivity index (χ2n) is 5.61. The second-order valence-corrected chi connectivity index (χ2v) is 8.29. The highest BCUT2D eigenvalue weighted by molar-refractivity contribution is 8.27. The van der Waals surface area contributed by atoms with Crippen LogP contribution in [0.3, 0.4) is 0 Å². The second kappa shape index (κ2) is 6.61. The van der Waals surface area contributed by atoms with Crippen molar-refractivity contribution in [2.24, 2.45) is 0 Å².